The second kappa shape index (κ2) is 10.4. The Bertz CT molecular complexity index is 982. The Hall–Kier alpha value is -3.61. The number of benzene rings is 2. The van der Waals surface area contributed by atoms with E-state index >= 15 is 0 Å². The predicted octanol–water partition coefficient (Wildman–Crippen LogP) is 2.88. The molecule has 0 heterocycles. The molecule has 0 spiro atoms. The second-order valence-corrected chi connectivity index (χ2v) is 7.33. The fourth-order valence-electron chi connectivity index (χ4n) is 3.32. The Balaban J connectivity index is 1.41. The lowest BCUT2D eigenvalue weighted by molar-refractivity contribution is -0.149. The molecule has 1 aliphatic carbocycles. The highest BCUT2D eigenvalue weighted by atomic mass is 16.5. The highest BCUT2D eigenvalue weighted by molar-refractivity contribution is 5.96. The van der Waals surface area contributed by atoms with E-state index in [1.54, 1.807) is 37.5 Å². The monoisotopic (exact) mass is 422 g/mol. The highest BCUT2D eigenvalue weighted by Gasteiger charge is 2.18. The maximum atomic E-state index is 12.1. The molecule has 3 rings (SSSR count). The van der Waals surface area contributed by atoms with E-state index in [4.69, 9.17) is 9.47 Å². The molecule has 7 heteroatoms. The maximum Gasteiger partial charge on any atom is 0.328 e. The summed E-state index contributed by atoms with van der Waals surface area (Å²) >= 11 is 0. The van der Waals surface area contributed by atoms with Crippen LogP contribution in [0.4, 0.5) is 5.69 Å². The fraction of sp³-hybridized carbons (Fsp3) is 0.292. The molecule has 0 aliphatic heterocycles. The third kappa shape index (κ3) is 6.44. The lowest BCUT2D eigenvalue weighted by atomic mass is 10.1. The molecule has 0 saturated carbocycles. The van der Waals surface area contributed by atoms with E-state index in [1.165, 1.54) is 24.1 Å². The van der Waals surface area contributed by atoms with Crippen molar-refractivity contribution in [2.24, 2.45) is 0 Å². The van der Waals surface area contributed by atoms with Crippen molar-refractivity contribution in [3.63, 3.8) is 0 Å². The fourth-order valence-corrected chi connectivity index (χ4v) is 3.32. The summed E-state index contributed by atoms with van der Waals surface area (Å²) < 4.78 is 10.1. The van der Waals surface area contributed by atoms with Crippen LogP contribution in [0.25, 0.3) is 6.08 Å². The summed E-state index contributed by atoms with van der Waals surface area (Å²) in [5.41, 5.74) is 4.06. The zero-order chi connectivity index (χ0) is 22.2. The van der Waals surface area contributed by atoms with Crippen molar-refractivity contribution in [1.29, 1.82) is 0 Å². The third-order valence-corrected chi connectivity index (χ3v) is 4.98. The molecule has 2 aromatic rings. The van der Waals surface area contributed by atoms with Crippen LogP contribution >= 0.6 is 0 Å². The maximum absolute atomic E-state index is 12.1. The summed E-state index contributed by atoms with van der Waals surface area (Å²) in [4.78, 5) is 36.2. The van der Waals surface area contributed by atoms with Crippen LogP contribution in [-0.2, 0) is 32.0 Å². The number of aryl methyl sites for hydroxylation is 2. The minimum absolute atomic E-state index is 0.419. The summed E-state index contributed by atoms with van der Waals surface area (Å²) in [6, 6.07) is 12.1. The number of rotatable bonds is 8. The molecule has 2 amide bonds. The van der Waals surface area contributed by atoms with Crippen LogP contribution in [0, 0.1) is 0 Å². The number of hydrogen-bond donors (Lipinski definition) is 2. The first-order valence-electron chi connectivity index (χ1n) is 10.2. The number of ether oxygens (including phenoxy) is 2. The first-order chi connectivity index (χ1) is 14.9. The van der Waals surface area contributed by atoms with Gasteiger partial charge in [-0.15, -0.1) is 0 Å². The van der Waals surface area contributed by atoms with Gasteiger partial charge in [-0.2, -0.15) is 0 Å². The smallest absolute Gasteiger partial charge is 0.328 e. The number of carbonyl (C=O) groups is 3. The van der Waals surface area contributed by atoms with Gasteiger partial charge in [0.05, 0.1) is 7.11 Å². The molecule has 31 heavy (non-hydrogen) atoms. The molecule has 1 aliphatic rings. The van der Waals surface area contributed by atoms with Crippen LogP contribution in [0.1, 0.15) is 30.0 Å². The van der Waals surface area contributed by atoms with Gasteiger partial charge in [-0.1, -0.05) is 18.2 Å². The largest absolute Gasteiger partial charge is 0.497 e. The Kier molecular flexibility index (Phi) is 7.43. The van der Waals surface area contributed by atoms with Gasteiger partial charge < -0.3 is 20.1 Å². The van der Waals surface area contributed by atoms with E-state index in [-0.39, 0.29) is 0 Å². The van der Waals surface area contributed by atoms with Gasteiger partial charge in [0.15, 0.2) is 6.61 Å². The molecule has 0 fully saturated rings. The van der Waals surface area contributed by atoms with E-state index in [0.717, 1.165) is 30.6 Å². The molecule has 0 aromatic heterocycles. The molecule has 0 radical (unpaired) electrons. The molecule has 162 valence electrons. The van der Waals surface area contributed by atoms with E-state index < -0.39 is 30.4 Å². The zero-order valence-corrected chi connectivity index (χ0v) is 17.6. The van der Waals surface area contributed by atoms with Crippen LogP contribution in [0.15, 0.2) is 48.5 Å². The molecular weight excluding hydrogens is 396 g/mol. The summed E-state index contributed by atoms with van der Waals surface area (Å²) in [7, 11) is 1.58. The number of hydrogen-bond acceptors (Lipinski definition) is 5. The molecular formula is C24H26N2O5. The van der Waals surface area contributed by atoms with E-state index in [2.05, 4.69) is 10.6 Å². The van der Waals surface area contributed by atoms with Gasteiger partial charge in [-0.3, -0.25) is 9.59 Å². The number of fused-ring (bicyclic) bond motifs is 1. The standard InChI is InChI=1S/C24H26N2O5/c1-16(25-22(27)13-8-17-6-11-21(30-2)12-7-17)24(29)31-15-23(28)26-20-10-9-18-4-3-5-19(18)14-20/h6-14,16H,3-5,15H2,1-2H3,(H,25,27)(H,26,28)/b13-8+/t16-/m1/s1. The SMILES string of the molecule is COc1ccc(/C=C/C(=O)N[C@H](C)C(=O)OCC(=O)Nc2ccc3c(c2)CCC3)cc1. The first kappa shape index (κ1) is 22.1. The Morgan fingerprint density at radius 1 is 1.06 bits per heavy atom. The average Bonchev–Trinajstić information content (AvgIpc) is 3.24. The van der Waals surface area contributed by atoms with Gasteiger partial charge in [-0.25, -0.2) is 4.79 Å². The summed E-state index contributed by atoms with van der Waals surface area (Å²) in [6.45, 7) is 1.08. The molecule has 0 unspecified atom stereocenters. The molecule has 0 saturated heterocycles. The Morgan fingerprint density at radius 3 is 2.55 bits per heavy atom. The van der Waals surface area contributed by atoms with Gasteiger partial charge in [-0.05, 0) is 73.2 Å². The van der Waals surface area contributed by atoms with Crippen molar-refractivity contribution < 1.29 is 23.9 Å². The van der Waals surface area contributed by atoms with Crippen LogP contribution in [0.2, 0.25) is 0 Å². The number of carbonyl (C=O) groups excluding carboxylic acids is 3. The lowest BCUT2D eigenvalue weighted by Gasteiger charge is -2.12. The zero-order valence-electron chi connectivity index (χ0n) is 17.6. The quantitative estimate of drug-likeness (QED) is 0.504. The molecule has 2 aromatic carbocycles. The summed E-state index contributed by atoms with van der Waals surface area (Å²) in [6.07, 6.45) is 6.16. The van der Waals surface area contributed by atoms with Crippen molar-refractivity contribution in [1.82, 2.24) is 5.32 Å². The second-order valence-electron chi connectivity index (χ2n) is 7.33. The minimum atomic E-state index is -0.888. The number of methoxy groups -OCH3 is 1. The Labute approximate surface area is 181 Å². The average molecular weight is 422 g/mol. The van der Waals surface area contributed by atoms with Crippen LogP contribution < -0.4 is 15.4 Å². The Morgan fingerprint density at radius 2 is 1.81 bits per heavy atom. The van der Waals surface area contributed by atoms with Gasteiger partial charge in [0.25, 0.3) is 5.91 Å². The van der Waals surface area contributed by atoms with Crippen LogP contribution in [-0.4, -0.2) is 37.5 Å². The predicted molar refractivity (Wildman–Crippen MR) is 118 cm³/mol. The lowest BCUT2D eigenvalue weighted by Crippen LogP contribution is -2.39. The van der Waals surface area contributed by atoms with Gasteiger partial charge in [0.2, 0.25) is 5.91 Å². The summed E-state index contributed by atoms with van der Waals surface area (Å²) in [5, 5.41) is 5.25. The van der Waals surface area contributed by atoms with Gasteiger partial charge in [0.1, 0.15) is 11.8 Å². The van der Waals surface area contributed by atoms with Crippen LogP contribution in [0.5, 0.6) is 5.75 Å². The molecule has 2 N–H and O–H groups in total. The van der Waals surface area contributed by atoms with Gasteiger partial charge in [0, 0.05) is 11.8 Å². The molecule has 0 bridgehead atoms. The number of nitrogens with one attached hydrogen (secondary N) is 2. The number of esters is 1. The topological polar surface area (TPSA) is 93.7 Å². The van der Waals surface area contributed by atoms with Crippen LogP contribution in [0.3, 0.4) is 0 Å². The van der Waals surface area contributed by atoms with Crippen molar-refractivity contribution in [3.05, 3.63) is 65.2 Å². The normalized spacial score (nSPS) is 13.4. The van der Waals surface area contributed by atoms with Crippen molar-refractivity contribution in [2.75, 3.05) is 19.0 Å². The van der Waals surface area contributed by atoms with E-state index in [9.17, 15) is 14.4 Å². The van der Waals surface area contributed by atoms with E-state index in [1.807, 2.05) is 18.2 Å². The van der Waals surface area contributed by atoms with Crippen molar-refractivity contribution >= 4 is 29.5 Å². The minimum Gasteiger partial charge on any atom is -0.497 e. The van der Waals surface area contributed by atoms with Gasteiger partial charge >= 0.3 is 5.97 Å². The summed E-state index contributed by atoms with van der Waals surface area (Å²) in [5.74, 6) is -0.833. The van der Waals surface area contributed by atoms with Crippen molar-refractivity contribution in [2.45, 2.75) is 32.2 Å². The third-order valence-electron chi connectivity index (χ3n) is 4.98. The first-order valence-corrected chi connectivity index (χ1v) is 10.2. The molecule has 1 atom stereocenters. The van der Waals surface area contributed by atoms with E-state index in [0.29, 0.717) is 5.69 Å². The number of amides is 2. The number of anilines is 1. The van der Waals surface area contributed by atoms with Crippen molar-refractivity contribution in [3.8, 4) is 5.75 Å². The molecule has 7 nitrogen and oxygen atoms in total. The highest BCUT2D eigenvalue weighted by Crippen LogP contribution is 2.24.